The van der Waals surface area contributed by atoms with Crippen molar-refractivity contribution in [3.63, 3.8) is 0 Å². The minimum absolute atomic E-state index is 0.0276. The second-order valence-corrected chi connectivity index (χ2v) is 4.90. The topological polar surface area (TPSA) is 38.7 Å². The molecule has 4 heteroatoms. The molecule has 0 saturated carbocycles. The molecule has 3 nitrogen and oxygen atoms in total. The quantitative estimate of drug-likeness (QED) is 0.874. The van der Waals surface area contributed by atoms with Gasteiger partial charge in [0.15, 0.2) is 11.5 Å². The third-order valence-electron chi connectivity index (χ3n) is 2.59. The fraction of sp³-hybridized carbons (Fsp3) is 0.500. The number of thioether (sulfide) groups is 1. The molecular weight excluding hydrogens is 224 g/mol. The molecule has 1 unspecified atom stereocenters. The van der Waals surface area contributed by atoms with Crippen molar-refractivity contribution in [2.45, 2.75) is 19.1 Å². The number of rotatable bonds is 4. The molecular formula is C12H16O3S. The minimum atomic E-state index is 0.0276. The molecule has 1 aliphatic heterocycles. The number of benzene rings is 1. The van der Waals surface area contributed by atoms with E-state index in [1.165, 1.54) is 0 Å². The summed E-state index contributed by atoms with van der Waals surface area (Å²) in [4.78, 5) is 0. The van der Waals surface area contributed by atoms with Crippen LogP contribution < -0.4 is 9.47 Å². The lowest BCUT2D eigenvalue weighted by Gasteiger charge is -2.16. The van der Waals surface area contributed by atoms with Gasteiger partial charge in [0.2, 0.25) is 0 Å². The molecule has 1 heterocycles. The summed E-state index contributed by atoms with van der Waals surface area (Å²) in [6.45, 7) is 0.0276. The SMILES string of the molecule is COc1ccc(CO)cc1OC1CCSC1. The van der Waals surface area contributed by atoms with Gasteiger partial charge >= 0.3 is 0 Å². The third-order valence-corrected chi connectivity index (χ3v) is 3.72. The Morgan fingerprint density at radius 2 is 2.31 bits per heavy atom. The van der Waals surface area contributed by atoms with E-state index < -0.39 is 0 Å². The summed E-state index contributed by atoms with van der Waals surface area (Å²) in [5.74, 6) is 3.66. The highest BCUT2D eigenvalue weighted by Gasteiger charge is 2.18. The summed E-state index contributed by atoms with van der Waals surface area (Å²) in [5, 5.41) is 9.09. The molecule has 1 aromatic rings. The van der Waals surface area contributed by atoms with Crippen LogP contribution in [0.15, 0.2) is 18.2 Å². The second-order valence-electron chi connectivity index (χ2n) is 3.75. The van der Waals surface area contributed by atoms with E-state index in [2.05, 4.69) is 0 Å². The summed E-state index contributed by atoms with van der Waals surface area (Å²) >= 11 is 1.91. The normalized spacial score (nSPS) is 19.8. The van der Waals surface area contributed by atoms with Crippen molar-refractivity contribution in [3.05, 3.63) is 23.8 Å². The lowest BCUT2D eigenvalue weighted by molar-refractivity contribution is 0.217. The molecule has 1 aliphatic rings. The number of ether oxygens (including phenoxy) is 2. The fourth-order valence-electron chi connectivity index (χ4n) is 1.70. The van der Waals surface area contributed by atoms with Crippen LogP contribution in [-0.4, -0.2) is 29.8 Å². The Balaban J connectivity index is 2.15. The molecule has 2 rings (SSSR count). The Bertz CT molecular complexity index is 348. The van der Waals surface area contributed by atoms with E-state index in [1.54, 1.807) is 7.11 Å². The van der Waals surface area contributed by atoms with Gasteiger partial charge in [-0.25, -0.2) is 0 Å². The Kier molecular flexibility index (Phi) is 3.96. The molecule has 0 radical (unpaired) electrons. The molecule has 1 N–H and O–H groups in total. The van der Waals surface area contributed by atoms with Crippen molar-refractivity contribution in [2.24, 2.45) is 0 Å². The molecule has 0 spiro atoms. The number of aliphatic hydroxyl groups is 1. The minimum Gasteiger partial charge on any atom is -0.493 e. The van der Waals surface area contributed by atoms with Gasteiger partial charge in [-0.05, 0) is 29.9 Å². The van der Waals surface area contributed by atoms with Gasteiger partial charge in [0.25, 0.3) is 0 Å². The van der Waals surface area contributed by atoms with E-state index in [4.69, 9.17) is 14.6 Å². The van der Waals surface area contributed by atoms with Crippen LogP contribution in [0, 0.1) is 0 Å². The summed E-state index contributed by atoms with van der Waals surface area (Å²) in [5.41, 5.74) is 0.849. The van der Waals surface area contributed by atoms with Gasteiger partial charge in [-0.3, -0.25) is 0 Å². The van der Waals surface area contributed by atoms with Crippen LogP contribution in [0.1, 0.15) is 12.0 Å². The van der Waals surface area contributed by atoms with Crippen LogP contribution in [-0.2, 0) is 6.61 Å². The first-order valence-electron chi connectivity index (χ1n) is 5.35. The van der Waals surface area contributed by atoms with Crippen LogP contribution in [0.4, 0.5) is 0 Å². The standard InChI is InChI=1S/C12H16O3S/c1-14-11-3-2-9(7-13)6-12(11)15-10-4-5-16-8-10/h2-3,6,10,13H,4-5,7-8H2,1H3. The predicted molar refractivity (Wildman–Crippen MR) is 65.3 cm³/mol. The summed E-state index contributed by atoms with van der Waals surface area (Å²) < 4.78 is 11.1. The maximum Gasteiger partial charge on any atom is 0.161 e. The van der Waals surface area contributed by atoms with E-state index >= 15 is 0 Å². The molecule has 1 saturated heterocycles. The van der Waals surface area contributed by atoms with Gasteiger partial charge in [0.1, 0.15) is 6.10 Å². The smallest absolute Gasteiger partial charge is 0.161 e. The van der Waals surface area contributed by atoms with Crippen LogP contribution in [0.3, 0.4) is 0 Å². The summed E-state index contributed by atoms with van der Waals surface area (Å²) in [7, 11) is 1.63. The molecule has 0 amide bonds. The maximum absolute atomic E-state index is 9.09. The van der Waals surface area contributed by atoms with E-state index in [0.717, 1.165) is 35.0 Å². The Labute approximate surface area is 99.8 Å². The largest absolute Gasteiger partial charge is 0.493 e. The van der Waals surface area contributed by atoms with Crippen molar-refractivity contribution in [1.82, 2.24) is 0 Å². The van der Waals surface area contributed by atoms with Crippen LogP contribution in [0.25, 0.3) is 0 Å². The van der Waals surface area contributed by atoms with E-state index in [0.29, 0.717) is 0 Å². The maximum atomic E-state index is 9.09. The number of methoxy groups -OCH3 is 1. The van der Waals surface area contributed by atoms with Crippen molar-refractivity contribution in [1.29, 1.82) is 0 Å². The Hall–Kier alpha value is -0.870. The zero-order chi connectivity index (χ0) is 11.4. The summed E-state index contributed by atoms with van der Waals surface area (Å²) in [6.07, 6.45) is 1.35. The van der Waals surface area contributed by atoms with Gasteiger partial charge < -0.3 is 14.6 Å². The Morgan fingerprint density at radius 3 is 2.94 bits per heavy atom. The summed E-state index contributed by atoms with van der Waals surface area (Å²) in [6, 6.07) is 5.53. The van der Waals surface area contributed by atoms with Gasteiger partial charge in [0.05, 0.1) is 13.7 Å². The Morgan fingerprint density at radius 1 is 1.44 bits per heavy atom. The molecule has 0 aromatic heterocycles. The first-order chi connectivity index (χ1) is 7.83. The molecule has 1 atom stereocenters. The van der Waals surface area contributed by atoms with Crippen molar-refractivity contribution >= 4 is 11.8 Å². The second kappa shape index (κ2) is 5.46. The van der Waals surface area contributed by atoms with E-state index in [-0.39, 0.29) is 12.7 Å². The zero-order valence-corrected chi connectivity index (χ0v) is 10.1. The molecule has 88 valence electrons. The number of aliphatic hydroxyl groups excluding tert-OH is 1. The lowest BCUT2D eigenvalue weighted by atomic mass is 10.2. The third kappa shape index (κ3) is 2.62. The zero-order valence-electron chi connectivity index (χ0n) is 9.31. The van der Waals surface area contributed by atoms with Gasteiger partial charge in [-0.2, -0.15) is 11.8 Å². The fourth-order valence-corrected chi connectivity index (χ4v) is 2.79. The lowest BCUT2D eigenvalue weighted by Crippen LogP contribution is -2.15. The molecule has 1 aromatic carbocycles. The van der Waals surface area contributed by atoms with Crippen LogP contribution >= 0.6 is 11.8 Å². The molecule has 0 bridgehead atoms. The first kappa shape index (κ1) is 11.6. The van der Waals surface area contributed by atoms with Crippen molar-refractivity contribution in [2.75, 3.05) is 18.6 Å². The highest BCUT2D eigenvalue weighted by Crippen LogP contribution is 2.31. The van der Waals surface area contributed by atoms with Crippen molar-refractivity contribution in [3.8, 4) is 11.5 Å². The molecule has 1 fully saturated rings. The average molecular weight is 240 g/mol. The number of hydrogen-bond donors (Lipinski definition) is 1. The van der Waals surface area contributed by atoms with Gasteiger partial charge in [-0.15, -0.1) is 0 Å². The molecule has 0 aliphatic carbocycles. The average Bonchev–Trinajstić information content (AvgIpc) is 2.82. The predicted octanol–water partition coefficient (Wildman–Crippen LogP) is 2.07. The van der Waals surface area contributed by atoms with E-state index in [1.807, 2.05) is 30.0 Å². The van der Waals surface area contributed by atoms with Crippen LogP contribution in [0.5, 0.6) is 11.5 Å². The van der Waals surface area contributed by atoms with E-state index in [9.17, 15) is 0 Å². The molecule has 16 heavy (non-hydrogen) atoms. The van der Waals surface area contributed by atoms with Crippen LogP contribution in [0.2, 0.25) is 0 Å². The van der Waals surface area contributed by atoms with Crippen molar-refractivity contribution < 1.29 is 14.6 Å². The number of hydrogen-bond acceptors (Lipinski definition) is 4. The monoisotopic (exact) mass is 240 g/mol. The van der Waals surface area contributed by atoms with Gasteiger partial charge in [0, 0.05) is 5.75 Å². The first-order valence-corrected chi connectivity index (χ1v) is 6.51. The van der Waals surface area contributed by atoms with Gasteiger partial charge in [-0.1, -0.05) is 6.07 Å². The highest BCUT2D eigenvalue weighted by atomic mass is 32.2. The highest BCUT2D eigenvalue weighted by molar-refractivity contribution is 7.99.